The van der Waals surface area contributed by atoms with Gasteiger partial charge in [0.1, 0.15) is 11.8 Å². The number of carbonyl (C=O) groups excluding carboxylic acids is 1. The highest BCUT2D eigenvalue weighted by atomic mass is 32.1. The Hall–Kier alpha value is -2.93. The quantitative estimate of drug-likeness (QED) is 0.478. The molecule has 0 aliphatic rings. The third-order valence-corrected chi connectivity index (χ3v) is 4.91. The number of nitrogens with zero attached hydrogens (tertiary/aromatic N) is 2. The van der Waals surface area contributed by atoms with Gasteiger partial charge in [0.25, 0.3) is 5.91 Å². The van der Waals surface area contributed by atoms with E-state index >= 15 is 0 Å². The van der Waals surface area contributed by atoms with E-state index in [0.29, 0.717) is 11.7 Å². The largest absolute Gasteiger partial charge is 0.494 e. The Bertz CT molecular complexity index is 917. The Morgan fingerprint density at radius 2 is 1.96 bits per heavy atom. The average Bonchev–Trinajstić information content (AvgIpc) is 3.08. The van der Waals surface area contributed by atoms with Crippen LogP contribution in [0.5, 0.6) is 5.75 Å². The van der Waals surface area contributed by atoms with Gasteiger partial charge in [-0.25, -0.2) is 10.4 Å². The first-order chi connectivity index (χ1) is 13.1. The fraction of sp³-hybridized carbons (Fsp3) is 0.250. The maximum absolute atomic E-state index is 12.3. The summed E-state index contributed by atoms with van der Waals surface area (Å²) in [5.41, 5.74) is 5.17. The second-order valence-electron chi connectivity index (χ2n) is 5.98. The zero-order valence-corrected chi connectivity index (χ0v) is 16.3. The Morgan fingerprint density at radius 3 is 2.67 bits per heavy atom. The Kier molecular flexibility index (Phi) is 6.03. The van der Waals surface area contributed by atoms with Crippen molar-refractivity contribution in [1.29, 1.82) is 0 Å². The number of fused-ring (bicyclic) bond motifs is 1. The fourth-order valence-electron chi connectivity index (χ4n) is 2.44. The highest BCUT2D eigenvalue weighted by Gasteiger charge is 2.14. The van der Waals surface area contributed by atoms with Crippen molar-refractivity contribution in [2.45, 2.75) is 26.8 Å². The van der Waals surface area contributed by atoms with Crippen molar-refractivity contribution in [3.63, 3.8) is 0 Å². The fourth-order valence-corrected chi connectivity index (χ4v) is 3.40. The van der Waals surface area contributed by atoms with E-state index in [4.69, 9.17) is 4.74 Å². The van der Waals surface area contributed by atoms with Gasteiger partial charge in [0, 0.05) is 0 Å². The van der Waals surface area contributed by atoms with Gasteiger partial charge in [-0.15, -0.1) is 0 Å². The van der Waals surface area contributed by atoms with E-state index in [1.54, 1.807) is 6.92 Å². The molecule has 0 spiro atoms. The minimum atomic E-state index is -0.456. The summed E-state index contributed by atoms with van der Waals surface area (Å²) in [4.78, 5) is 16.8. The molecule has 2 N–H and O–H groups in total. The van der Waals surface area contributed by atoms with Crippen LogP contribution < -0.4 is 15.5 Å². The molecule has 1 heterocycles. The monoisotopic (exact) mass is 382 g/mol. The van der Waals surface area contributed by atoms with E-state index in [1.807, 2.05) is 62.4 Å². The second-order valence-corrected chi connectivity index (χ2v) is 7.01. The molecule has 0 radical (unpaired) electrons. The average molecular weight is 382 g/mol. The molecule has 140 valence electrons. The highest BCUT2D eigenvalue weighted by molar-refractivity contribution is 7.22. The maximum Gasteiger partial charge on any atom is 0.262 e. The van der Waals surface area contributed by atoms with Crippen LogP contribution in [0, 0.1) is 0 Å². The molecule has 3 aromatic rings. The number of ether oxygens (including phenoxy) is 1. The van der Waals surface area contributed by atoms with Gasteiger partial charge in [-0.05, 0) is 62.7 Å². The lowest BCUT2D eigenvalue weighted by Crippen LogP contribution is -2.35. The molecule has 0 fully saturated rings. The third kappa shape index (κ3) is 4.83. The van der Waals surface area contributed by atoms with Crippen LogP contribution in [0.2, 0.25) is 0 Å². The standard InChI is InChI=1S/C20H22N4O2S/c1-4-26-16-11-9-15(10-12-16)13(2)23-24-19(25)14(3)21-20-22-17-7-5-6-8-18(17)27-20/h5-12,14H,4H2,1-3H3,(H,21,22)(H,24,25)/b23-13-/t14-/m1/s1. The van der Waals surface area contributed by atoms with Crippen molar-refractivity contribution in [3.05, 3.63) is 54.1 Å². The molecule has 0 aliphatic carbocycles. The van der Waals surface area contributed by atoms with Crippen molar-refractivity contribution in [2.75, 3.05) is 11.9 Å². The lowest BCUT2D eigenvalue weighted by Gasteiger charge is -2.11. The van der Waals surface area contributed by atoms with Crippen LogP contribution in [-0.4, -0.2) is 29.3 Å². The summed E-state index contributed by atoms with van der Waals surface area (Å²) in [5.74, 6) is 0.589. The first-order valence-electron chi connectivity index (χ1n) is 8.76. The zero-order valence-electron chi connectivity index (χ0n) is 15.5. The molecule has 0 aliphatic heterocycles. The third-order valence-electron chi connectivity index (χ3n) is 3.94. The zero-order chi connectivity index (χ0) is 19.2. The van der Waals surface area contributed by atoms with E-state index in [1.165, 1.54) is 11.3 Å². The number of benzene rings is 2. The lowest BCUT2D eigenvalue weighted by molar-refractivity contribution is -0.121. The Balaban J connectivity index is 1.59. The number of anilines is 1. The van der Waals surface area contributed by atoms with Gasteiger partial charge in [-0.3, -0.25) is 4.79 Å². The molecule has 0 saturated heterocycles. The van der Waals surface area contributed by atoms with Gasteiger partial charge in [-0.2, -0.15) is 5.10 Å². The van der Waals surface area contributed by atoms with Gasteiger partial charge in [0.05, 0.1) is 22.5 Å². The second kappa shape index (κ2) is 8.64. The van der Waals surface area contributed by atoms with Crippen LogP contribution in [0.15, 0.2) is 53.6 Å². The smallest absolute Gasteiger partial charge is 0.262 e. The molecule has 1 atom stereocenters. The molecule has 0 saturated carbocycles. The van der Waals surface area contributed by atoms with E-state index in [0.717, 1.165) is 27.2 Å². The van der Waals surface area contributed by atoms with Gasteiger partial charge in [0.2, 0.25) is 0 Å². The minimum absolute atomic E-state index is 0.223. The molecule has 7 heteroatoms. The van der Waals surface area contributed by atoms with Crippen molar-refractivity contribution < 1.29 is 9.53 Å². The van der Waals surface area contributed by atoms with E-state index < -0.39 is 6.04 Å². The lowest BCUT2D eigenvalue weighted by atomic mass is 10.1. The van der Waals surface area contributed by atoms with Crippen LogP contribution >= 0.6 is 11.3 Å². The number of thiazole rings is 1. The molecule has 1 amide bonds. The molecule has 2 aromatic carbocycles. The van der Waals surface area contributed by atoms with E-state index in [2.05, 4.69) is 20.8 Å². The van der Waals surface area contributed by atoms with Crippen molar-refractivity contribution in [1.82, 2.24) is 10.4 Å². The summed E-state index contributed by atoms with van der Waals surface area (Å²) >= 11 is 1.52. The predicted octanol–water partition coefficient (Wildman–Crippen LogP) is 4.04. The number of hydrogen-bond donors (Lipinski definition) is 2. The van der Waals surface area contributed by atoms with Crippen molar-refractivity contribution >= 4 is 38.3 Å². The predicted molar refractivity (Wildman–Crippen MR) is 111 cm³/mol. The first-order valence-corrected chi connectivity index (χ1v) is 9.58. The van der Waals surface area contributed by atoms with Gasteiger partial charge < -0.3 is 10.1 Å². The summed E-state index contributed by atoms with van der Waals surface area (Å²) < 4.78 is 6.51. The van der Waals surface area contributed by atoms with Crippen molar-refractivity contribution in [3.8, 4) is 5.75 Å². The van der Waals surface area contributed by atoms with Gasteiger partial charge in [0.15, 0.2) is 5.13 Å². The Morgan fingerprint density at radius 1 is 1.22 bits per heavy atom. The number of aromatic nitrogens is 1. The summed E-state index contributed by atoms with van der Waals surface area (Å²) in [7, 11) is 0. The summed E-state index contributed by atoms with van der Waals surface area (Å²) in [6.07, 6.45) is 0. The van der Waals surface area contributed by atoms with Crippen LogP contribution in [0.1, 0.15) is 26.3 Å². The molecule has 1 aromatic heterocycles. The number of para-hydroxylation sites is 1. The molecule has 27 heavy (non-hydrogen) atoms. The summed E-state index contributed by atoms with van der Waals surface area (Å²) in [6.45, 7) is 6.20. The normalized spacial score (nSPS) is 12.6. The number of nitrogens with one attached hydrogen (secondary N) is 2. The molecule has 0 unspecified atom stereocenters. The number of hydrogen-bond acceptors (Lipinski definition) is 6. The number of amides is 1. The van der Waals surface area contributed by atoms with Crippen molar-refractivity contribution in [2.24, 2.45) is 5.10 Å². The number of carbonyl (C=O) groups is 1. The number of hydrazone groups is 1. The molecule has 0 bridgehead atoms. The van der Waals surface area contributed by atoms with Gasteiger partial charge >= 0.3 is 0 Å². The molecule has 6 nitrogen and oxygen atoms in total. The van der Waals surface area contributed by atoms with Gasteiger partial charge in [-0.1, -0.05) is 23.5 Å². The molecular weight excluding hydrogens is 360 g/mol. The number of rotatable bonds is 7. The minimum Gasteiger partial charge on any atom is -0.494 e. The van der Waals surface area contributed by atoms with Crippen LogP contribution in [-0.2, 0) is 4.79 Å². The maximum atomic E-state index is 12.3. The van der Waals surface area contributed by atoms with E-state index in [9.17, 15) is 4.79 Å². The summed E-state index contributed by atoms with van der Waals surface area (Å²) in [6, 6.07) is 15.0. The SMILES string of the molecule is CCOc1ccc(/C(C)=N\NC(=O)[C@@H](C)Nc2nc3ccccc3s2)cc1. The van der Waals surface area contributed by atoms with E-state index in [-0.39, 0.29) is 5.91 Å². The first kappa shape index (κ1) is 18.8. The van der Waals surface area contributed by atoms with Crippen LogP contribution in [0.4, 0.5) is 5.13 Å². The molecule has 3 rings (SSSR count). The summed E-state index contributed by atoms with van der Waals surface area (Å²) in [5, 5.41) is 8.03. The molecular formula is C20H22N4O2S. The highest BCUT2D eigenvalue weighted by Crippen LogP contribution is 2.25. The van der Waals surface area contributed by atoms with Crippen LogP contribution in [0.3, 0.4) is 0 Å². The topological polar surface area (TPSA) is 75.6 Å². The van der Waals surface area contributed by atoms with Crippen LogP contribution in [0.25, 0.3) is 10.2 Å². The Labute approximate surface area is 162 Å².